The molecule has 5 aromatic rings. The van der Waals surface area contributed by atoms with Crippen LogP contribution in [0.25, 0.3) is 34.2 Å². The smallest absolute Gasteiger partial charge is 0.169 e. The number of ether oxygens (including phenoxy) is 2. The quantitative estimate of drug-likeness (QED) is 0.0504. The van der Waals surface area contributed by atoms with Gasteiger partial charge >= 0.3 is 0 Å². The zero-order chi connectivity index (χ0) is 33.4. The van der Waals surface area contributed by atoms with E-state index in [4.69, 9.17) is 9.47 Å². The Morgan fingerprint density at radius 1 is 0.735 bits per heavy atom. The molecule has 1 N–H and O–H groups in total. The molecule has 0 aliphatic carbocycles. The first kappa shape index (κ1) is 37.5. The number of benzene rings is 3. The molecule has 0 bridgehead atoms. The topological polar surface area (TPSA) is 38.1 Å². The van der Waals surface area contributed by atoms with Crippen LogP contribution in [-0.2, 0) is 19.4 Å². The summed E-state index contributed by atoms with van der Waals surface area (Å²) in [5, 5.41) is 1.26. The van der Waals surface area contributed by atoms with Gasteiger partial charge in [0.05, 0.1) is 13.7 Å². The molecule has 0 amide bonds. The number of hydrogen-bond donors (Lipinski definition) is 1. The van der Waals surface area contributed by atoms with Gasteiger partial charge in [-0.3, -0.25) is 0 Å². The number of unbranched alkanes of at least 4 members (excludes halogenated alkanes) is 7. The normalized spacial score (nSPS) is 11.0. The van der Waals surface area contributed by atoms with E-state index in [1.54, 1.807) is 7.11 Å². The second-order valence-corrected chi connectivity index (χ2v) is 12.5. The van der Waals surface area contributed by atoms with Crippen molar-refractivity contribution in [2.45, 2.75) is 70.8 Å². The highest BCUT2D eigenvalue weighted by molar-refractivity contribution is 5.91. The van der Waals surface area contributed by atoms with Crippen molar-refractivity contribution in [1.29, 1.82) is 0 Å². The molecule has 2 aromatic heterocycles. The van der Waals surface area contributed by atoms with Gasteiger partial charge in [0, 0.05) is 41.2 Å². The molecule has 3 aromatic carbocycles. The molecule has 5 rings (SSSR count). The Morgan fingerprint density at radius 2 is 1.45 bits per heavy atom. The van der Waals surface area contributed by atoms with E-state index in [1.165, 1.54) is 72.5 Å². The van der Waals surface area contributed by atoms with E-state index in [2.05, 4.69) is 120 Å². The lowest BCUT2D eigenvalue weighted by Crippen LogP contribution is -3.00. The highest BCUT2D eigenvalue weighted by Crippen LogP contribution is 2.35. The van der Waals surface area contributed by atoms with Crippen molar-refractivity contribution >= 4 is 23.1 Å². The number of aromatic amines is 1. The Morgan fingerprint density at radius 3 is 2.20 bits per heavy atom. The number of rotatable bonds is 20. The van der Waals surface area contributed by atoms with Crippen molar-refractivity contribution in [3.8, 4) is 22.6 Å². The van der Waals surface area contributed by atoms with Gasteiger partial charge in [-0.05, 0) is 83.8 Å². The summed E-state index contributed by atoms with van der Waals surface area (Å²) >= 11 is 0. The van der Waals surface area contributed by atoms with Gasteiger partial charge in [-0.1, -0.05) is 86.7 Å². The van der Waals surface area contributed by atoms with Crippen LogP contribution < -0.4 is 31.0 Å². The maximum atomic E-state index is 6.35. The van der Waals surface area contributed by atoms with Crippen LogP contribution in [0.3, 0.4) is 0 Å². The van der Waals surface area contributed by atoms with E-state index in [0.717, 1.165) is 60.6 Å². The summed E-state index contributed by atoms with van der Waals surface area (Å²) in [5.41, 5.74) is 8.24. The van der Waals surface area contributed by atoms with E-state index in [-0.39, 0.29) is 17.0 Å². The number of pyridine rings is 1. The minimum Gasteiger partial charge on any atom is -1.00 e. The molecular weight excluding hydrogens is 668 g/mol. The van der Waals surface area contributed by atoms with Gasteiger partial charge in [0.25, 0.3) is 0 Å². The van der Waals surface area contributed by atoms with Gasteiger partial charge in [-0.15, -0.1) is 13.2 Å². The van der Waals surface area contributed by atoms with Gasteiger partial charge in [0.1, 0.15) is 18.0 Å². The van der Waals surface area contributed by atoms with E-state index >= 15 is 0 Å². The first-order valence-corrected chi connectivity index (χ1v) is 17.6. The van der Waals surface area contributed by atoms with Gasteiger partial charge in [0.2, 0.25) is 0 Å². The van der Waals surface area contributed by atoms with E-state index in [9.17, 15) is 0 Å². The molecule has 4 nitrogen and oxygen atoms in total. The number of allylic oxidation sites excluding steroid dienone is 2. The number of aryl methyl sites for hydroxylation is 1. The monoisotopic (exact) mass is 718 g/mol. The molecule has 0 aliphatic rings. The molecule has 2 heterocycles. The third kappa shape index (κ3) is 11.1. The van der Waals surface area contributed by atoms with Gasteiger partial charge in [-0.25, -0.2) is 4.57 Å². The number of methoxy groups -OCH3 is 1. The fourth-order valence-electron chi connectivity index (χ4n) is 6.27. The fraction of sp³-hybridized carbons (Fsp3) is 0.295. The van der Waals surface area contributed by atoms with Gasteiger partial charge in [0.15, 0.2) is 12.4 Å². The average Bonchev–Trinajstić information content (AvgIpc) is 3.54. The van der Waals surface area contributed by atoms with Crippen LogP contribution in [0.1, 0.15) is 73.6 Å². The predicted molar refractivity (Wildman–Crippen MR) is 203 cm³/mol. The van der Waals surface area contributed by atoms with E-state index in [1.807, 2.05) is 18.2 Å². The van der Waals surface area contributed by atoms with Crippen molar-refractivity contribution in [1.82, 2.24) is 4.98 Å². The van der Waals surface area contributed by atoms with E-state index < -0.39 is 0 Å². The van der Waals surface area contributed by atoms with Crippen molar-refractivity contribution < 1.29 is 31.0 Å². The molecule has 0 saturated carbocycles. The number of para-hydroxylation sites is 1. The number of hydrogen-bond acceptors (Lipinski definition) is 2. The maximum absolute atomic E-state index is 6.35. The van der Waals surface area contributed by atoms with Crippen LogP contribution >= 0.6 is 0 Å². The Kier molecular flexibility index (Phi) is 15.5. The second-order valence-electron chi connectivity index (χ2n) is 12.5. The summed E-state index contributed by atoms with van der Waals surface area (Å²) in [6, 6.07) is 25.7. The molecule has 0 aliphatic heterocycles. The van der Waals surface area contributed by atoms with Crippen LogP contribution in [-0.4, -0.2) is 18.7 Å². The number of halogens is 1. The molecule has 256 valence electrons. The predicted octanol–water partition coefficient (Wildman–Crippen LogP) is 7.96. The SMILES string of the molecule is C=CCc1ccc(OCCCCCCCCCC[n+]2ccc(/C=C/c3c[nH]c4ccccc34)cc2)c(-c2ccc(OC)c(CC=C)c2)c1.[Br-]. The summed E-state index contributed by atoms with van der Waals surface area (Å²) in [5.74, 6) is 1.82. The number of nitrogens with zero attached hydrogens (tertiary/aromatic N) is 1. The fourth-order valence-corrected chi connectivity index (χ4v) is 6.27. The number of H-pyrrole nitrogens is 1. The number of fused-ring (bicyclic) bond motifs is 1. The summed E-state index contributed by atoms with van der Waals surface area (Å²) in [6.45, 7) is 9.64. The largest absolute Gasteiger partial charge is 1.00 e. The first-order valence-electron chi connectivity index (χ1n) is 17.6. The van der Waals surface area contributed by atoms with Crippen molar-refractivity contribution in [2.24, 2.45) is 0 Å². The lowest BCUT2D eigenvalue weighted by atomic mass is 9.97. The Hall–Kier alpha value is -4.35. The Balaban J connectivity index is 0.00000541. The lowest BCUT2D eigenvalue weighted by molar-refractivity contribution is -0.697. The molecule has 5 heteroatoms. The molecular formula is C44H51BrN2O2. The minimum atomic E-state index is 0. The highest BCUT2D eigenvalue weighted by atomic mass is 79.9. The molecule has 0 fully saturated rings. The number of aromatic nitrogens is 2. The second kappa shape index (κ2) is 20.2. The van der Waals surface area contributed by atoms with Crippen molar-refractivity contribution in [3.05, 3.63) is 139 Å². The van der Waals surface area contributed by atoms with Crippen LogP contribution in [0.5, 0.6) is 11.5 Å². The molecule has 0 unspecified atom stereocenters. The minimum absolute atomic E-state index is 0. The highest BCUT2D eigenvalue weighted by Gasteiger charge is 2.11. The van der Waals surface area contributed by atoms with Crippen molar-refractivity contribution in [3.63, 3.8) is 0 Å². The number of nitrogens with one attached hydrogen (secondary N) is 1. The zero-order valence-electron chi connectivity index (χ0n) is 29.0. The van der Waals surface area contributed by atoms with Crippen molar-refractivity contribution in [2.75, 3.05) is 13.7 Å². The molecule has 0 radical (unpaired) electrons. The molecule has 49 heavy (non-hydrogen) atoms. The average molecular weight is 720 g/mol. The zero-order valence-corrected chi connectivity index (χ0v) is 30.6. The molecule has 0 spiro atoms. The van der Waals surface area contributed by atoms with Gasteiger partial charge < -0.3 is 31.4 Å². The summed E-state index contributed by atoms with van der Waals surface area (Å²) in [7, 11) is 1.72. The van der Waals surface area contributed by atoms with Crippen LogP contribution in [0.4, 0.5) is 0 Å². The van der Waals surface area contributed by atoms with Crippen LogP contribution in [0.15, 0.2) is 117 Å². The summed E-state index contributed by atoms with van der Waals surface area (Å²) in [4.78, 5) is 3.34. The first-order chi connectivity index (χ1) is 23.7. The van der Waals surface area contributed by atoms with Crippen LogP contribution in [0.2, 0.25) is 0 Å². The Bertz CT molecular complexity index is 1790. The van der Waals surface area contributed by atoms with E-state index in [0.29, 0.717) is 0 Å². The maximum Gasteiger partial charge on any atom is 0.169 e. The lowest BCUT2D eigenvalue weighted by Gasteiger charge is -2.15. The Labute approximate surface area is 304 Å². The van der Waals surface area contributed by atoms with Crippen LogP contribution in [0, 0.1) is 0 Å². The standard InChI is InChI=1S/C44H50N2O2.BrH/c1-4-16-36-21-24-44(41(32-36)37-23-25-43(47-3)38(33-37)17-5-2)48-31-15-11-9-7-6-8-10-14-28-46-29-26-35(27-30-46)20-22-39-34-45-42-19-13-12-18-40(39)42;/h4-5,12-13,18-27,29-30,32-34H,1-2,6-11,14-17,28,31H2,3H3;1H. The summed E-state index contributed by atoms with van der Waals surface area (Å²) in [6.07, 6.45) is 26.3. The summed E-state index contributed by atoms with van der Waals surface area (Å²) < 4.78 is 14.2. The third-order valence-electron chi connectivity index (χ3n) is 8.94. The molecule has 0 saturated heterocycles. The molecule has 0 atom stereocenters. The van der Waals surface area contributed by atoms with Gasteiger partial charge in [-0.2, -0.15) is 0 Å². The third-order valence-corrected chi connectivity index (χ3v) is 8.94.